The van der Waals surface area contributed by atoms with Gasteiger partial charge in [0.1, 0.15) is 0 Å². The van der Waals surface area contributed by atoms with Gasteiger partial charge in [0.25, 0.3) is 0 Å². The summed E-state index contributed by atoms with van der Waals surface area (Å²) in [4.78, 5) is 37.3. The second kappa shape index (κ2) is 6.20. The highest BCUT2D eigenvalue weighted by Gasteiger charge is 2.46. The fourth-order valence-electron chi connectivity index (χ4n) is 2.71. The molecule has 20 heavy (non-hydrogen) atoms. The van der Waals surface area contributed by atoms with E-state index < -0.39 is 0 Å². The summed E-state index contributed by atoms with van der Waals surface area (Å²) in [6, 6.07) is 0. The smallest absolute Gasteiger partial charge is 0.233 e. The molecule has 0 unspecified atom stereocenters. The highest BCUT2D eigenvalue weighted by molar-refractivity contribution is 6.05. The number of likely N-dealkylation sites (tertiary alicyclic amines) is 1. The Hall–Kier alpha value is -1.65. The Bertz CT molecular complexity index is 416. The van der Waals surface area contributed by atoms with Gasteiger partial charge in [0, 0.05) is 19.5 Å². The van der Waals surface area contributed by atoms with Gasteiger partial charge in [-0.15, -0.1) is 0 Å². The molecule has 1 fully saturated rings. The minimum Gasteiger partial charge on any atom is -0.356 e. The molecule has 1 N–H and O–H groups in total. The molecular formula is C15H22N2O3. The number of hydrogen-bond donors (Lipinski definition) is 1. The van der Waals surface area contributed by atoms with Crippen molar-refractivity contribution in [3.8, 4) is 0 Å². The fraction of sp³-hybridized carbons (Fsp3) is 0.667. The number of carbonyl (C=O) groups is 3. The third-order valence-electron chi connectivity index (χ3n) is 3.87. The molecule has 5 nitrogen and oxygen atoms in total. The first-order valence-electron chi connectivity index (χ1n) is 7.27. The van der Waals surface area contributed by atoms with Gasteiger partial charge in [0.2, 0.25) is 17.7 Å². The van der Waals surface area contributed by atoms with Crippen LogP contribution in [0.3, 0.4) is 0 Å². The average Bonchev–Trinajstić information content (AvgIpc) is 2.67. The van der Waals surface area contributed by atoms with Gasteiger partial charge >= 0.3 is 0 Å². The molecule has 110 valence electrons. The minimum atomic E-state index is -0.203. The maximum Gasteiger partial charge on any atom is 0.233 e. The number of amides is 3. The van der Waals surface area contributed by atoms with Crippen molar-refractivity contribution >= 4 is 17.7 Å². The van der Waals surface area contributed by atoms with Crippen molar-refractivity contribution < 1.29 is 14.4 Å². The van der Waals surface area contributed by atoms with E-state index in [1.807, 2.05) is 26.0 Å². The number of carbonyl (C=O) groups excluding carboxylic acids is 3. The first-order chi connectivity index (χ1) is 9.50. The molecule has 3 amide bonds. The molecule has 0 bridgehead atoms. The molecule has 0 aromatic rings. The van der Waals surface area contributed by atoms with Crippen LogP contribution in [0.25, 0.3) is 0 Å². The molecule has 1 saturated heterocycles. The number of allylic oxidation sites excluding steroid dienone is 2. The summed E-state index contributed by atoms with van der Waals surface area (Å²) in [6.07, 6.45) is 5.41. The number of imide groups is 1. The minimum absolute atomic E-state index is 0.104. The maximum atomic E-state index is 12.2. The van der Waals surface area contributed by atoms with Crippen LogP contribution >= 0.6 is 0 Å². The predicted molar refractivity (Wildman–Crippen MR) is 74.5 cm³/mol. The van der Waals surface area contributed by atoms with Crippen LogP contribution in [0.15, 0.2) is 12.2 Å². The molecule has 2 rings (SSSR count). The fourth-order valence-corrected chi connectivity index (χ4v) is 2.71. The Labute approximate surface area is 119 Å². The standard InChI is InChI=1S/C15H22N2O3/c1-10(2)9-16-13(18)7-8-17-14(19)11-5-3-4-6-12(11)15(17)20/h3-4,10-12H,5-9H2,1-2H3,(H,16,18)/t11-,12+. The summed E-state index contributed by atoms with van der Waals surface area (Å²) in [7, 11) is 0. The van der Waals surface area contributed by atoms with Crippen molar-refractivity contribution in [1.29, 1.82) is 0 Å². The summed E-state index contributed by atoms with van der Waals surface area (Å²) in [5.41, 5.74) is 0. The number of nitrogens with zero attached hydrogens (tertiary/aromatic N) is 1. The van der Waals surface area contributed by atoms with E-state index in [9.17, 15) is 14.4 Å². The number of rotatable bonds is 5. The van der Waals surface area contributed by atoms with Gasteiger partial charge in [0.15, 0.2) is 0 Å². The van der Waals surface area contributed by atoms with Gasteiger partial charge in [0.05, 0.1) is 11.8 Å². The molecule has 0 spiro atoms. The van der Waals surface area contributed by atoms with E-state index >= 15 is 0 Å². The van der Waals surface area contributed by atoms with Gasteiger partial charge in [-0.25, -0.2) is 0 Å². The third-order valence-corrected chi connectivity index (χ3v) is 3.87. The molecular weight excluding hydrogens is 256 g/mol. The van der Waals surface area contributed by atoms with Gasteiger partial charge in [-0.3, -0.25) is 19.3 Å². The Morgan fingerprint density at radius 2 is 1.80 bits per heavy atom. The molecule has 0 aromatic heterocycles. The van der Waals surface area contributed by atoms with Gasteiger partial charge in [-0.05, 0) is 18.8 Å². The van der Waals surface area contributed by atoms with Crippen molar-refractivity contribution in [2.45, 2.75) is 33.1 Å². The first kappa shape index (κ1) is 14.8. The van der Waals surface area contributed by atoms with E-state index in [0.29, 0.717) is 25.3 Å². The predicted octanol–water partition coefficient (Wildman–Crippen LogP) is 1.10. The van der Waals surface area contributed by atoms with Gasteiger partial charge in [-0.2, -0.15) is 0 Å². The summed E-state index contributed by atoms with van der Waals surface area (Å²) < 4.78 is 0. The monoisotopic (exact) mass is 278 g/mol. The van der Waals surface area contributed by atoms with E-state index in [4.69, 9.17) is 0 Å². The normalized spacial score (nSPS) is 25.2. The van der Waals surface area contributed by atoms with Crippen LogP contribution in [0, 0.1) is 17.8 Å². The number of nitrogens with one attached hydrogen (secondary N) is 1. The number of hydrogen-bond acceptors (Lipinski definition) is 3. The van der Waals surface area contributed by atoms with Crippen LogP contribution in [-0.4, -0.2) is 35.7 Å². The van der Waals surface area contributed by atoms with E-state index in [0.717, 1.165) is 0 Å². The molecule has 5 heteroatoms. The Kier molecular flexibility index (Phi) is 4.57. The molecule has 2 aliphatic rings. The zero-order valence-electron chi connectivity index (χ0n) is 12.1. The van der Waals surface area contributed by atoms with Crippen molar-refractivity contribution in [2.75, 3.05) is 13.1 Å². The highest BCUT2D eigenvalue weighted by atomic mass is 16.2. The molecule has 0 aromatic carbocycles. The molecule has 1 aliphatic carbocycles. The SMILES string of the molecule is CC(C)CNC(=O)CCN1C(=O)[C@H]2CC=CC[C@H]2C1=O. The largest absolute Gasteiger partial charge is 0.356 e. The topological polar surface area (TPSA) is 66.5 Å². The Morgan fingerprint density at radius 1 is 1.25 bits per heavy atom. The van der Waals surface area contributed by atoms with Crippen LogP contribution in [0.4, 0.5) is 0 Å². The highest BCUT2D eigenvalue weighted by Crippen LogP contribution is 2.34. The van der Waals surface area contributed by atoms with E-state index in [2.05, 4.69) is 5.32 Å². The van der Waals surface area contributed by atoms with Crippen LogP contribution in [0.5, 0.6) is 0 Å². The third kappa shape index (κ3) is 3.08. The molecule has 0 radical (unpaired) electrons. The van der Waals surface area contributed by atoms with E-state index in [1.165, 1.54) is 4.90 Å². The molecule has 1 aliphatic heterocycles. The van der Waals surface area contributed by atoms with Gasteiger partial charge < -0.3 is 5.32 Å². The molecule has 2 atom stereocenters. The van der Waals surface area contributed by atoms with Crippen molar-refractivity contribution in [3.63, 3.8) is 0 Å². The second-order valence-electron chi connectivity index (χ2n) is 5.93. The van der Waals surface area contributed by atoms with Crippen molar-refractivity contribution in [1.82, 2.24) is 10.2 Å². The lowest BCUT2D eigenvalue weighted by Crippen LogP contribution is -2.36. The lowest BCUT2D eigenvalue weighted by Gasteiger charge is -2.14. The zero-order chi connectivity index (χ0) is 14.7. The summed E-state index contributed by atoms with van der Waals surface area (Å²) in [5, 5.41) is 2.80. The average molecular weight is 278 g/mol. The van der Waals surface area contributed by atoms with Crippen LogP contribution < -0.4 is 5.32 Å². The van der Waals surface area contributed by atoms with Crippen LogP contribution in [-0.2, 0) is 14.4 Å². The summed E-state index contributed by atoms with van der Waals surface area (Å²) >= 11 is 0. The van der Waals surface area contributed by atoms with Crippen molar-refractivity contribution in [3.05, 3.63) is 12.2 Å². The Morgan fingerprint density at radius 3 is 2.30 bits per heavy atom. The Balaban J connectivity index is 1.86. The van der Waals surface area contributed by atoms with E-state index in [1.54, 1.807) is 0 Å². The molecule has 1 heterocycles. The first-order valence-corrected chi connectivity index (χ1v) is 7.27. The van der Waals surface area contributed by atoms with E-state index in [-0.39, 0.29) is 42.5 Å². The van der Waals surface area contributed by atoms with Crippen molar-refractivity contribution in [2.24, 2.45) is 17.8 Å². The quantitative estimate of drug-likeness (QED) is 0.605. The summed E-state index contributed by atoms with van der Waals surface area (Å²) in [6.45, 7) is 4.86. The summed E-state index contributed by atoms with van der Waals surface area (Å²) in [5.74, 6) is -0.338. The zero-order valence-corrected chi connectivity index (χ0v) is 12.1. The lowest BCUT2D eigenvalue weighted by molar-refractivity contribution is -0.140. The van der Waals surface area contributed by atoms with Gasteiger partial charge in [-0.1, -0.05) is 26.0 Å². The number of fused-ring (bicyclic) bond motifs is 1. The molecule has 0 saturated carbocycles. The second-order valence-corrected chi connectivity index (χ2v) is 5.93. The lowest BCUT2D eigenvalue weighted by atomic mass is 9.85. The maximum absolute atomic E-state index is 12.2. The van der Waals surface area contributed by atoms with Crippen LogP contribution in [0.2, 0.25) is 0 Å². The van der Waals surface area contributed by atoms with Crippen LogP contribution in [0.1, 0.15) is 33.1 Å².